The second kappa shape index (κ2) is 7.04. The van der Waals surface area contributed by atoms with Gasteiger partial charge in [-0.3, -0.25) is 4.79 Å². The lowest BCUT2D eigenvalue weighted by atomic mass is 10.2. The highest BCUT2D eigenvalue weighted by molar-refractivity contribution is 5.94. The lowest BCUT2D eigenvalue weighted by Gasteiger charge is -2.35. The van der Waals surface area contributed by atoms with Crippen LogP contribution in [0.15, 0.2) is 30.6 Å². The highest BCUT2D eigenvalue weighted by atomic mass is 16.5. The van der Waals surface area contributed by atoms with Gasteiger partial charge in [-0.25, -0.2) is 9.97 Å². The third-order valence-electron chi connectivity index (χ3n) is 4.31. The smallest absolute Gasteiger partial charge is 0.254 e. The van der Waals surface area contributed by atoms with Crippen LogP contribution in [0, 0.1) is 12.1 Å². The highest BCUT2D eigenvalue weighted by Crippen LogP contribution is 2.19. The molecule has 1 aliphatic rings. The molecule has 1 saturated heterocycles. The van der Waals surface area contributed by atoms with Crippen molar-refractivity contribution in [2.24, 2.45) is 0 Å². The Hall–Kier alpha value is -2.70. The van der Waals surface area contributed by atoms with Crippen molar-refractivity contribution >= 4 is 11.7 Å². The van der Waals surface area contributed by atoms with Crippen molar-refractivity contribution in [3.05, 3.63) is 52.9 Å². The summed E-state index contributed by atoms with van der Waals surface area (Å²) < 4.78 is 0.679. The summed E-state index contributed by atoms with van der Waals surface area (Å²) in [7, 11) is 0. The first-order chi connectivity index (χ1) is 11.9. The summed E-state index contributed by atoms with van der Waals surface area (Å²) in [4.78, 5) is 25.7. The molecule has 25 heavy (non-hydrogen) atoms. The molecule has 0 aliphatic carbocycles. The quantitative estimate of drug-likeness (QED) is 0.625. The number of piperazine rings is 1. The zero-order chi connectivity index (χ0) is 18.0. The Morgan fingerprint density at radius 3 is 2.40 bits per heavy atom. The van der Waals surface area contributed by atoms with Gasteiger partial charge in [-0.1, -0.05) is 13.8 Å². The summed E-state index contributed by atoms with van der Waals surface area (Å²) in [5.74, 6) is 2.02. The van der Waals surface area contributed by atoms with Gasteiger partial charge >= 0.3 is 0 Å². The second-order valence-corrected chi connectivity index (χ2v) is 6.61. The molecule has 0 saturated carbocycles. The van der Waals surface area contributed by atoms with Crippen LogP contribution in [-0.4, -0.2) is 47.0 Å². The topological polar surface area (TPSA) is 76.3 Å². The van der Waals surface area contributed by atoms with E-state index in [9.17, 15) is 10.0 Å². The van der Waals surface area contributed by atoms with Gasteiger partial charge in [0, 0.05) is 56.0 Å². The van der Waals surface area contributed by atoms with Gasteiger partial charge in [-0.2, -0.15) is 4.73 Å². The zero-order valence-corrected chi connectivity index (χ0v) is 14.8. The van der Waals surface area contributed by atoms with Gasteiger partial charge in [0.25, 0.3) is 5.91 Å². The molecule has 2 aromatic rings. The van der Waals surface area contributed by atoms with E-state index in [2.05, 4.69) is 28.7 Å². The molecule has 1 aliphatic heterocycles. The number of hydrogen-bond acceptors (Lipinski definition) is 5. The first-order valence-corrected chi connectivity index (χ1v) is 8.52. The first-order valence-electron chi connectivity index (χ1n) is 8.52. The van der Waals surface area contributed by atoms with E-state index in [4.69, 9.17) is 0 Å². The van der Waals surface area contributed by atoms with Crippen LogP contribution in [0.2, 0.25) is 0 Å². The van der Waals surface area contributed by atoms with Crippen molar-refractivity contribution in [1.82, 2.24) is 14.9 Å². The fraction of sp³-hybridized carbons (Fsp3) is 0.444. The lowest BCUT2D eigenvalue weighted by molar-refractivity contribution is -0.605. The molecule has 3 rings (SSSR count). The van der Waals surface area contributed by atoms with Crippen molar-refractivity contribution in [3.63, 3.8) is 0 Å². The number of amides is 1. The number of rotatable bonds is 3. The average molecular weight is 341 g/mol. The van der Waals surface area contributed by atoms with Gasteiger partial charge in [-0.15, -0.1) is 0 Å². The van der Waals surface area contributed by atoms with E-state index in [0.29, 0.717) is 23.4 Å². The molecule has 2 aromatic heterocycles. The van der Waals surface area contributed by atoms with Crippen molar-refractivity contribution in [3.8, 4) is 0 Å². The Morgan fingerprint density at radius 2 is 1.80 bits per heavy atom. The number of hydrogen-bond donors (Lipinski definition) is 0. The van der Waals surface area contributed by atoms with Gasteiger partial charge in [0.1, 0.15) is 11.6 Å². The maximum atomic E-state index is 12.5. The molecule has 7 heteroatoms. The van der Waals surface area contributed by atoms with E-state index in [0.717, 1.165) is 30.4 Å². The Bertz CT molecular complexity index is 753. The van der Waals surface area contributed by atoms with Gasteiger partial charge in [0.05, 0.1) is 5.56 Å². The summed E-state index contributed by atoms with van der Waals surface area (Å²) in [6, 6.07) is 5.11. The summed E-state index contributed by atoms with van der Waals surface area (Å²) in [6.07, 6.45) is 2.70. The molecule has 0 N–H and O–H groups in total. The van der Waals surface area contributed by atoms with Crippen LogP contribution >= 0.6 is 0 Å². The maximum absolute atomic E-state index is 12.5. The number of carbonyl (C=O) groups excluding carboxylic acids is 1. The fourth-order valence-electron chi connectivity index (χ4n) is 2.87. The predicted octanol–water partition coefficient (Wildman–Crippen LogP) is 1.50. The third kappa shape index (κ3) is 3.87. The standard InChI is InChI=1S/C18H23N5O2/c1-13(2)17-19-14(3)12-16(20-17)21-8-10-22(11-9-21)18(24)15-4-6-23(25)7-5-15/h4-7,12-13H,8-11H2,1-3H3. The van der Waals surface area contributed by atoms with E-state index in [1.807, 2.05) is 17.9 Å². The minimum Gasteiger partial charge on any atom is -0.619 e. The highest BCUT2D eigenvalue weighted by Gasteiger charge is 2.24. The number of anilines is 1. The monoisotopic (exact) mass is 341 g/mol. The first kappa shape index (κ1) is 17.1. The second-order valence-electron chi connectivity index (χ2n) is 6.61. The van der Waals surface area contributed by atoms with E-state index < -0.39 is 0 Å². The number of aromatic nitrogens is 3. The van der Waals surface area contributed by atoms with Crippen LogP contribution in [0.4, 0.5) is 5.82 Å². The van der Waals surface area contributed by atoms with E-state index in [1.54, 1.807) is 12.1 Å². The van der Waals surface area contributed by atoms with Crippen molar-refractivity contribution in [1.29, 1.82) is 0 Å². The Morgan fingerprint density at radius 1 is 1.16 bits per heavy atom. The molecule has 1 fully saturated rings. The van der Waals surface area contributed by atoms with E-state index in [1.165, 1.54) is 12.4 Å². The molecule has 7 nitrogen and oxygen atoms in total. The number of aryl methyl sites for hydroxylation is 1. The SMILES string of the molecule is Cc1cc(N2CCN(C(=O)c3cc[n+]([O-])cc3)CC2)nc(C(C)C)n1. The van der Waals surface area contributed by atoms with Crippen LogP contribution in [-0.2, 0) is 0 Å². The van der Waals surface area contributed by atoms with Crippen molar-refractivity contribution in [2.75, 3.05) is 31.1 Å². The molecule has 0 aromatic carbocycles. The largest absolute Gasteiger partial charge is 0.619 e. The van der Waals surface area contributed by atoms with Crippen LogP contribution in [0.5, 0.6) is 0 Å². The van der Waals surface area contributed by atoms with E-state index >= 15 is 0 Å². The van der Waals surface area contributed by atoms with Crippen molar-refractivity contribution < 1.29 is 9.52 Å². The third-order valence-corrected chi connectivity index (χ3v) is 4.31. The van der Waals surface area contributed by atoms with Gasteiger partial charge < -0.3 is 15.0 Å². The molecule has 0 bridgehead atoms. The molecule has 132 valence electrons. The minimum absolute atomic E-state index is 0.0398. The zero-order valence-electron chi connectivity index (χ0n) is 14.8. The van der Waals surface area contributed by atoms with Crippen LogP contribution in [0.1, 0.15) is 41.6 Å². The van der Waals surface area contributed by atoms with Crippen molar-refractivity contribution in [2.45, 2.75) is 26.7 Å². The molecular formula is C18H23N5O2. The molecule has 0 unspecified atom stereocenters. The Kier molecular flexibility index (Phi) is 4.83. The van der Waals surface area contributed by atoms with Gasteiger partial charge in [-0.05, 0) is 6.92 Å². The van der Waals surface area contributed by atoms with Gasteiger partial charge in [0.15, 0.2) is 12.4 Å². The normalized spacial score (nSPS) is 14.9. The van der Waals surface area contributed by atoms with Crippen LogP contribution in [0.25, 0.3) is 0 Å². The molecule has 3 heterocycles. The maximum Gasteiger partial charge on any atom is 0.254 e. The molecule has 0 spiro atoms. The lowest BCUT2D eigenvalue weighted by Crippen LogP contribution is -2.49. The average Bonchev–Trinajstić information content (AvgIpc) is 2.61. The number of pyridine rings is 1. The van der Waals surface area contributed by atoms with Crippen LogP contribution in [0.3, 0.4) is 0 Å². The molecule has 1 amide bonds. The summed E-state index contributed by atoms with van der Waals surface area (Å²) in [6.45, 7) is 8.87. The van der Waals surface area contributed by atoms with E-state index in [-0.39, 0.29) is 11.8 Å². The Balaban J connectivity index is 1.67. The number of nitrogens with zero attached hydrogens (tertiary/aromatic N) is 5. The summed E-state index contributed by atoms with van der Waals surface area (Å²) in [5, 5.41) is 11.1. The molecule has 0 atom stereocenters. The summed E-state index contributed by atoms with van der Waals surface area (Å²) in [5.41, 5.74) is 1.50. The Labute approximate surface area is 147 Å². The van der Waals surface area contributed by atoms with Gasteiger partial charge in [0.2, 0.25) is 0 Å². The minimum atomic E-state index is -0.0398. The molecule has 0 radical (unpaired) electrons. The fourth-order valence-corrected chi connectivity index (χ4v) is 2.87. The summed E-state index contributed by atoms with van der Waals surface area (Å²) >= 11 is 0. The predicted molar refractivity (Wildman–Crippen MR) is 94.4 cm³/mol. The van der Waals surface area contributed by atoms with Crippen LogP contribution < -0.4 is 9.63 Å². The number of carbonyl (C=O) groups is 1. The molecular weight excluding hydrogens is 318 g/mol.